The van der Waals surface area contributed by atoms with E-state index in [2.05, 4.69) is 70.6 Å². The van der Waals surface area contributed by atoms with Crippen LogP contribution in [0.4, 0.5) is 0 Å². The normalized spacial score (nSPS) is 17.0. The van der Waals surface area contributed by atoms with Crippen LogP contribution in [0, 0.1) is 0 Å². The molecule has 6 nitrogen and oxygen atoms in total. The summed E-state index contributed by atoms with van der Waals surface area (Å²) in [5.41, 5.74) is 4.82. The van der Waals surface area contributed by atoms with E-state index in [-0.39, 0.29) is 11.2 Å². The van der Waals surface area contributed by atoms with E-state index in [4.69, 9.17) is 19.4 Å². The fraction of sp³-hybridized carbons (Fsp3) is 0.211. The lowest BCUT2D eigenvalue weighted by Gasteiger charge is -2.17. The number of nitrogens with zero attached hydrogens (tertiary/aromatic N) is 4. The van der Waals surface area contributed by atoms with E-state index >= 15 is 0 Å². The van der Waals surface area contributed by atoms with E-state index in [1.54, 1.807) is 0 Å². The van der Waals surface area contributed by atoms with Gasteiger partial charge in [-0.05, 0) is 96.4 Å². The zero-order valence-electron chi connectivity index (χ0n) is 25.3. The fourth-order valence-corrected chi connectivity index (χ4v) is 6.15. The Morgan fingerprint density at radius 2 is 0.864 bits per heavy atom. The number of ether oxygens (including phenoxy) is 2. The largest absolute Gasteiger partial charge is 0.468 e. The van der Waals surface area contributed by atoms with Crippen molar-refractivity contribution in [1.29, 1.82) is 0 Å². The van der Waals surface area contributed by atoms with Crippen molar-refractivity contribution in [3.8, 4) is 22.5 Å². The van der Waals surface area contributed by atoms with Crippen LogP contribution in [0.2, 0.25) is 0 Å². The van der Waals surface area contributed by atoms with Crippen molar-refractivity contribution < 1.29 is 9.47 Å². The topological polar surface area (TPSA) is 69.0 Å². The molecule has 0 saturated carbocycles. The molecule has 0 atom stereocenters. The second-order valence-corrected chi connectivity index (χ2v) is 12.8. The Kier molecular flexibility index (Phi) is 5.85. The molecule has 0 bridgehead atoms. The molecule has 8 rings (SSSR count). The van der Waals surface area contributed by atoms with Crippen LogP contribution in [-0.2, 0) is 9.47 Å². The van der Waals surface area contributed by atoms with Crippen molar-refractivity contribution in [1.82, 2.24) is 9.97 Å². The zero-order valence-corrected chi connectivity index (χ0v) is 25.3. The summed E-state index contributed by atoms with van der Waals surface area (Å²) in [6, 6.07) is 34.0. The maximum absolute atomic E-state index is 6.05. The van der Waals surface area contributed by atoms with Gasteiger partial charge < -0.3 is 9.47 Å². The molecule has 2 aliphatic rings. The molecule has 6 heteroatoms. The third-order valence-electron chi connectivity index (χ3n) is 8.32. The predicted octanol–water partition coefficient (Wildman–Crippen LogP) is 8.38. The summed E-state index contributed by atoms with van der Waals surface area (Å²) in [4.78, 5) is 19.1. The molecule has 0 unspecified atom stereocenters. The lowest BCUT2D eigenvalue weighted by atomic mass is 9.91. The third-order valence-corrected chi connectivity index (χ3v) is 8.32. The second-order valence-electron chi connectivity index (χ2n) is 12.8. The molecule has 0 N–H and O–H groups in total. The quantitative estimate of drug-likeness (QED) is 0.198. The van der Waals surface area contributed by atoms with E-state index in [0.29, 0.717) is 24.9 Å². The minimum Gasteiger partial charge on any atom is -0.468 e. The van der Waals surface area contributed by atoms with E-state index < -0.39 is 0 Å². The first kappa shape index (κ1) is 26.5. The van der Waals surface area contributed by atoms with Crippen molar-refractivity contribution in [2.24, 2.45) is 9.98 Å². The van der Waals surface area contributed by atoms with Crippen LogP contribution in [0.15, 0.2) is 107 Å². The molecule has 0 aliphatic carbocycles. The van der Waals surface area contributed by atoms with Gasteiger partial charge in [0.15, 0.2) is 0 Å². The molecule has 44 heavy (non-hydrogen) atoms. The molecule has 0 spiro atoms. The highest BCUT2D eigenvalue weighted by atomic mass is 16.5. The van der Waals surface area contributed by atoms with Gasteiger partial charge in [0.25, 0.3) is 0 Å². The second kappa shape index (κ2) is 9.71. The van der Waals surface area contributed by atoms with Crippen molar-refractivity contribution in [3.05, 3.63) is 108 Å². The highest BCUT2D eigenvalue weighted by Gasteiger charge is 2.30. The van der Waals surface area contributed by atoms with Gasteiger partial charge in [-0.25, -0.2) is 20.0 Å². The van der Waals surface area contributed by atoms with Gasteiger partial charge in [-0.3, -0.25) is 0 Å². The van der Waals surface area contributed by atoms with E-state index in [1.807, 2.05) is 64.1 Å². The molecule has 0 fully saturated rings. The van der Waals surface area contributed by atoms with Gasteiger partial charge in [-0.15, -0.1) is 0 Å². The van der Waals surface area contributed by atoms with Crippen LogP contribution in [0.1, 0.15) is 39.1 Å². The Bertz CT molecular complexity index is 2020. The van der Waals surface area contributed by atoms with Crippen molar-refractivity contribution in [3.63, 3.8) is 0 Å². The molecule has 4 heterocycles. The highest BCUT2D eigenvalue weighted by molar-refractivity contribution is 6.26. The van der Waals surface area contributed by atoms with Crippen LogP contribution < -0.4 is 0 Å². The summed E-state index contributed by atoms with van der Waals surface area (Å²) in [6.45, 7) is 9.45. The summed E-state index contributed by atoms with van der Waals surface area (Å²) >= 11 is 0. The average molecular weight is 577 g/mol. The molecular weight excluding hydrogens is 544 g/mol. The molecule has 0 saturated heterocycles. The summed E-state index contributed by atoms with van der Waals surface area (Å²) in [5.74, 6) is 1.22. The molecule has 0 radical (unpaired) electrons. The Morgan fingerprint density at radius 3 is 1.27 bits per heavy atom. The zero-order chi connectivity index (χ0) is 30.1. The third kappa shape index (κ3) is 4.58. The first-order valence-electron chi connectivity index (χ1n) is 15.0. The first-order valence-corrected chi connectivity index (χ1v) is 15.0. The highest BCUT2D eigenvalue weighted by Crippen LogP contribution is 2.38. The molecule has 0 amide bonds. The van der Waals surface area contributed by atoms with Gasteiger partial charge in [0.05, 0.1) is 24.5 Å². The Labute approximate surface area is 256 Å². The minimum atomic E-state index is -0.301. The lowest BCUT2D eigenvalue weighted by Crippen LogP contribution is -2.24. The summed E-state index contributed by atoms with van der Waals surface area (Å²) in [6.07, 6.45) is 0. The van der Waals surface area contributed by atoms with Crippen LogP contribution in [0.5, 0.6) is 0 Å². The molecule has 2 aliphatic heterocycles. The SMILES string of the molecule is CC1(C)CN=C(c2cccc(-c3ccc4c5ccc(-c6cccc(C7=NCC(C)(C)O7)n6)cc5c5ccccc5c4c3)n2)O1. The first-order chi connectivity index (χ1) is 21.2. The van der Waals surface area contributed by atoms with Crippen LogP contribution in [-0.4, -0.2) is 46.1 Å². The summed E-state index contributed by atoms with van der Waals surface area (Å²) in [7, 11) is 0. The monoisotopic (exact) mass is 576 g/mol. The van der Waals surface area contributed by atoms with Gasteiger partial charge in [0.2, 0.25) is 11.8 Å². The number of hydrogen-bond donors (Lipinski definition) is 0. The Morgan fingerprint density at radius 1 is 0.455 bits per heavy atom. The number of aliphatic imine (C=N–C) groups is 2. The van der Waals surface area contributed by atoms with Crippen molar-refractivity contribution in [2.75, 3.05) is 13.1 Å². The van der Waals surface area contributed by atoms with Gasteiger partial charge in [0.1, 0.15) is 22.6 Å². The fourth-order valence-electron chi connectivity index (χ4n) is 6.15. The molecule has 216 valence electrons. The van der Waals surface area contributed by atoms with Crippen LogP contribution in [0.25, 0.3) is 54.8 Å². The maximum atomic E-state index is 6.05. The van der Waals surface area contributed by atoms with Crippen molar-refractivity contribution in [2.45, 2.75) is 38.9 Å². The van der Waals surface area contributed by atoms with Gasteiger partial charge in [-0.1, -0.05) is 60.7 Å². The summed E-state index contributed by atoms with van der Waals surface area (Å²) in [5, 5.41) is 7.20. The maximum Gasteiger partial charge on any atom is 0.236 e. The molecule has 4 aromatic carbocycles. The number of fused-ring (bicyclic) bond motifs is 6. The van der Waals surface area contributed by atoms with E-state index in [0.717, 1.165) is 33.9 Å². The number of pyridine rings is 2. The number of aromatic nitrogens is 2. The number of benzene rings is 4. The van der Waals surface area contributed by atoms with Crippen molar-refractivity contribution >= 4 is 44.1 Å². The Balaban J connectivity index is 1.23. The van der Waals surface area contributed by atoms with Crippen LogP contribution >= 0.6 is 0 Å². The number of rotatable bonds is 4. The Hall–Kier alpha value is -5.10. The standard InChI is InChI=1S/C38H32N4O2/c1-37(2)21-39-35(43-37)33-13-7-11-31(41-33)23-15-17-27-28-18-16-24(20-30(28)26-10-6-5-9-25(26)29(27)19-23)32-12-8-14-34(42-32)36-40-22-38(3,4)44-36/h5-20H,21-22H2,1-4H3. The van der Waals surface area contributed by atoms with Gasteiger partial charge in [-0.2, -0.15) is 0 Å². The average Bonchev–Trinajstić information content (AvgIpc) is 3.61. The molecular formula is C38H32N4O2. The molecule has 2 aromatic heterocycles. The van der Waals surface area contributed by atoms with Gasteiger partial charge in [0, 0.05) is 11.1 Å². The summed E-state index contributed by atoms with van der Waals surface area (Å²) < 4.78 is 12.1. The minimum absolute atomic E-state index is 0.301. The lowest BCUT2D eigenvalue weighted by molar-refractivity contribution is 0.130. The van der Waals surface area contributed by atoms with E-state index in [9.17, 15) is 0 Å². The smallest absolute Gasteiger partial charge is 0.236 e. The number of hydrogen-bond acceptors (Lipinski definition) is 6. The van der Waals surface area contributed by atoms with E-state index in [1.165, 1.54) is 32.3 Å². The predicted molar refractivity (Wildman–Crippen MR) is 179 cm³/mol. The van der Waals surface area contributed by atoms with Gasteiger partial charge >= 0.3 is 0 Å². The van der Waals surface area contributed by atoms with Crippen LogP contribution in [0.3, 0.4) is 0 Å². The molecule has 6 aromatic rings.